The molecule has 0 bridgehead atoms. The molecular formula is C23H24N6OS2. The Hall–Kier alpha value is -3.17. The van der Waals surface area contributed by atoms with Gasteiger partial charge in [-0.1, -0.05) is 55.1 Å². The van der Waals surface area contributed by atoms with Crippen LogP contribution in [0, 0.1) is 6.92 Å². The van der Waals surface area contributed by atoms with E-state index in [9.17, 15) is 4.79 Å². The fourth-order valence-corrected chi connectivity index (χ4v) is 4.75. The van der Waals surface area contributed by atoms with Crippen molar-refractivity contribution in [1.29, 1.82) is 0 Å². The van der Waals surface area contributed by atoms with E-state index in [1.807, 2.05) is 65.4 Å². The van der Waals surface area contributed by atoms with E-state index in [0.717, 1.165) is 40.4 Å². The molecule has 0 aliphatic rings. The normalized spacial score (nSPS) is 10.9. The highest BCUT2D eigenvalue weighted by atomic mass is 32.2. The van der Waals surface area contributed by atoms with Gasteiger partial charge in [0.15, 0.2) is 10.3 Å². The summed E-state index contributed by atoms with van der Waals surface area (Å²) in [6.07, 6.45) is 1.36. The minimum Gasteiger partial charge on any atom is -0.375 e. The summed E-state index contributed by atoms with van der Waals surface area (Å²) in [5.41, 5.74) is 10.6. The van der Waals surface area contributed by atoms with Crippen LogP contribution < -0.4 is 11.1 Å². The van der Waals surface area contributed by atoms with E-state index in [2.05, 4.69) is 27.4 Å². The van der Waals surface area contributed by atoms with Crippen LogP contribution in [0.5, 0.6) is 0 Å². The fraction of sp³-hybridized carbons (Fsp3) is 0.217. The molecule has 0 aliphatic heterocycles. The first-order valence-corrected chi connectivity index (χ1v) is 12.1. The molecule has 7 nitrogen and oxygen atoms in total. The van der Waals surface area contributed by atoms with Gasteiger partial charge in [-0.3, -0.25) is 9.36 Å². The van der Waals surface area contributed by atoms with Gasteiger partial charge in [-0.2, -0.15) is 0 Å². The number of aryl methyl sites for hydroxylation is 2. The lowest BCUT2D eigenvalue weighted by atomic mass is 10.1. The zero-order valence-corrected chi connectivity index (χ0v) is 19.5. The summed E-state index contributed by atoms with van der Waals surface area (Å²) in [5.74, 6) is 0.901. The molecule has 1 amide bonds. The Kier molecular flexibility index (Phi) is 6.87. The predicted molar refractivity (Wildman–Crippen MR) is 131 cm³/mol. The zero-order chi connectivity index (χ0) is 22.5. The van der Waals surface area contributed by atoms with Crippen molar-refractivity contribution in [3.05, 3.63) is 76.6 Å². The second-order valence-corrected chi connectivity index (χ2v) is 9.06. The number of carbonyl (C=O) groups excluding carboxylic acids is 1. The highest BCUT2D eigenvalue weighted by Gasteiger charge is 2.18. The molecule has 3 N–H and O–H groups in total. The lowest BCUT2D eigenvalue weighted by Gasteiger charge is -2.13. The van der Waals surface area contributed by atoms with E-state index in [-0.39, 0.29) is 11.7 Å². The standard InChI is InChI=1S/C23H24N6OS2/c1-3-16-9-7-8-15(2)21(16)26-20(30)14-32-23-28-27-19(12-17-13-31-22(24)25-17)29(23)18-10-5-4-6-11-18/h4-11,13H,3,12,14H2,1-2H3,(H2,24,25)(H,26,30). The largest absolute Gasteiger partial charge is 0.375 e. The van der Waals surface area contributed by atoms with Crippen LogP contribution in [0.2, 0.25) is 0 Å². The number of aromatic nitrogens is 4. The molecule has 0 fully saturated rings. The maximum atomic E-state index is 12.7. The van der Waals surface area contributed by atoms with Gasteiger partial charge in [0.2, 0.25) is 5.91 Å². The quantitative estimate of drug-likeness (QED) is 0.373. The van der Waals surface area contributed by atoms with Crippen molar-refractivity contribution in [2.45, 2.75) is 31.8 Å². The summed E-state index contributed by atoms with van der Waals surface area (Å²) >= 11 is 2.76. The highest BCUT2D eigenvalue weighted by molar-refractivity contribution is 7.99. The van der Waals surface area contributed by atoms with Crippen molar-refractivity contribution in [2.75, 3.05) is 16.8 Å². The number of hydrogen-bond donors (Lipinski definition) is 2. The number of para-hydroxylation sites is 2. The van der Waals surface area contributed by atoms with Crippen LogP contribution in [0.25, 0.3) is 5.69 Å². The minimum atomic E-state index is -0.0737. The summed E-state index contributed by atoms with van der Waals surface area (Å²) < 4.78 is 1.97. The Bertz CT molecular complexity index is 1220. The second-order valence-electron chi connectivity index (χ2n) is 7.22. The number of thioether (sulfide) groups is 1. The first-order valence-electron chi connectivity index (χ1n) is 10.3. The smallest absolute Gasteiger partial charge is 0.234 e. The molecule has 2 aromatic carbocycles. The van der Waals surface area contributed by atoms with Crippen molar-refractivity contribution in [3.8, 4) is 5.69 Å². The van der Waals surface area contributed by atoms with Crippen LogP contribution in [0.3, 0.4) is 0 Å². The molecule has 0 saturated carbocycles. The van der Waals surface area contributed by atoms with Gasteiger partial charge in [0.05, 0.1) is 17.9 Å². The monoisotopic (exact) mass is 464 g/mol. The number of anilines is 2. The third-order valence-corrected chi connectivity index (χ3v) is 6.61. The number of nitrogens with zero attached hydrogens (tertiary/aromatic N) is 4. The summed E-state index contributed by atoms with van der Waals surface area (Å²) in [7, 11) is 0. The van der Waals surface area contributed by atoms with E-state index in [4.69, 9.17) is 5.73 Å². The Morgan fingerprint density at radius 3 is 2.69 bits per heavy atom. The van der Waals surface area contributed by atoms with E-state index in [1.54, 1.807) is 0 Å². The SMILES string of the molecule is CCc1cccc(C)c1NC(=O)CSc1nnc(Cc2csc(N)n2)n1-c1ccccc1. The first kappa shape index (κ1) is 22.0. The number of amides is 1. The topological polar surface area (TPSA) is 98.7 Å². The second kappa shape index (κ2) is 9.97. The number of thiazole rings is 1. The number of nitrogens with one attached hydrogen (secondary N) is 1. The Balaban J connectivity index is 1.54. The average Bonchev–Trinajstić information content (AvgIpc) is 3.40. The molecule has 0 unspecified atom stereocenters. The number of benzene rings is 2. The van der Waals surface area contributed by atoms with Crippen LogP contribution in [0.1, 0.15) is 29.6 Å². The predicted octanol–water partition coefficient (Wildman–Crippen LogP) is 4.50. The van der Waals surface area contributed by atoms with Crippen LogP contribution in [0.15, 0.2) is 59.1 Å². The molecule has 9 heteroatoms. The van der Waals surface area contributed by atoms with Gasteiger partial charge in [-0.05, 0) is 36.6 Å². The van der Waals surface area contributed by atoms with E-state index >= 15 is 0 Å². The van der Waals surface area contributed by atoms with Crippen LogP contribution in [0.4, 0.5) is 10.8 Å². The van der Waals surface area contributed by atoms with Gasteiger partial charge in [0.25, 0.3) is 0 Å². The van der Waals surface area contributed by atoms with Crippen LogP contribution in [-0.4, -0.2) is 31.4 Å². The van der Waals surface area contributed by atoms with Crippen molar-refractivity contribution in [2.24, 2.45) is 0 Å². The van der Waals surface area contributed by atoms with Gasteiger partial charge in [-0.15, -0.1) is 21.5 Å². The number of carbonyl (C=O) groups is 1. The Morgan fingerprint density at radius 2 is 1.97 bits per heavy atom. The third kappa shape index (κ3) is 5.00. The number of nitrogens with two attached hydrogens (primary N) is 1. The molecule has 4 rings (SSSR count). The summed E-state index contributed by atoms with van der Waals surface area (Å²) in [5, 5.41) is 14.9. The Labute approximate surface area is 195 Å². The lowest BCUT2D eigenvalue weighted by molar-refractivity contribution is -0.113. The van der Waals surface area contributed by atoms with Gasteiger partial charge in [0.1, 0.15) is 5.82 Å². The first-order chi connectivity index (χ1) is 15.5. The molecule has 0 spiro atoms. The van der Waals surface area contributed by atoms with Crippen molar-refractivity contribution < 1.29 is 4.79 Å². The average molecular weight is 465 g/mol. The maximum absolute atomic E-state index is 12.7. The summed E-state index contributed by atoms with van der Waals surface area (Å²) in [6.45, 7) is 4.09. The molecular weight excluding hydrogens is 440 g/mol. The zero-order valence-electron chi connectivity index (χ0n) is 17.9. The molecule has 32 heavy (non-hydrogen) atoms. The van der Waals surface area contributed by atoms with Crippen molar-refractivity contribution in [1.82, 2.24) is 19.7 Å². The van der Waals surface area contributed by atoms with Gasteiger partial charge < -0.3 is 11.1 Å². The number of rotatable bonds is 8. The fourth-order valence-electron chi connectivity index (χ4n) is 3.42. The highest BCUT2D eigenvalue weighted by Crippen LogP contribution is 2.25. The van der Waals surface area contributed by atoms with Crippen molar-refractivity contribution in [3.63, 3.8) is 0 Å². The molecule has 0 radical (unpaired) electrons. The van der Waals surface area contributed by atoms with Gasteiger partial charge >= 0.3 is 0 Å². The molecule has 164 valence electrons. The molecule has 0 aliphatic carbocycles. The molecule has 2 aromatic heterocycles. The Morgan fingerprint density at radius 1 is 1.16 bits per heavy atom. The summed E-state index contributed by atoms with van der Waals surface area (Å²) in [4.78, 5) is 17.1. The number of hydrogen-bond acceptors (Lipinski definition) is 7. The molecule has 4 aromatic rings. The summed E-state index contributed by atoms with van der Waals surface area (Å²) in [6, 6.07) is 15.9. The molecule has 0 atom stereocenters. The van der Waals surface area contributed by atoms with Gasteiger partial charge in [0, 0.05) is 16.8 Å². The van der Waals surface area contributed by atoms with E-state index in [0.29, 0.717) is 16.7 Å². The van der Waals surface area contributed by atoms with E-state index in [1.165, 1.54) is 23.1 Å². The van der Waals surface area contributed by atoms with Gasteiger partial charge in [-0.25, -0.2) is 4.98 Å². The molecule has 0 saturated heterocycles. The number of nitrogen functional groups attached to an aromatic ring is 1. The van der Waals surface area contributed by atoms with E-state index < -0.39 is 0 Å². The third-order valence-electron chi connectivity index (χ3n) is 4.96. The minimum absolute atomic E-state index is 0.0737. The maximum Gasteiger partial charge on any atom is 0.234 e. The lowest BCUT2D eigenvalue weighted by Crippen LogP contribution is -2.16. The van der Waals surface area contributed by atoms with Crippen LogP contribution in [-0.2, 0) is 17.6 Å². The van der Waals surface area contributed by atoms with Crippen LogP contribution >= 0.6 is 23.1 Å². The van der Waals surface area contributed by atoms with Crippen molar-refractivity contribution >= 4 is 39.8 Å². The molecule has 2 heterocycles.